The quantitative estimate of drug-likeness (QED) is 0.887. The van der Waals surface area contributed by atoms with Gasteiger partial charge in [-0.25, -0.2) is 4.98 Å². The van der Waals surface area contributed by atoms with Crippen LogP contribution in [0.3, 0.4) is 0 Å². The summed E-state index contributed by atoms with van der Waals surface area (Å²) in [5.74, 6) is 1.16. The second kappa shape index (κ2) is 5.81. The zero-order chi connectivity index (χ0) is 14.8. The van der Waals surface area contributed by atoms with Crippen LogP contribution in [0.4, 0.5) is 5.82 Å². The fourth-order valence-electron chi connectivity index (χ4n) is 2.34. The van der Waals surface area contributed by atoms with Crippen molar-refractivity contribution in [2.75, 3.05) is 12.3 Å². The van der Waals surface area contributed by atoms with Crippen LogP contribution in [0.15, 0.2) is 12.1 Å². The Morgan fingerprint density at radius 3 is 2.65 bits per heavy atom. The minimum Gasteiger partial charge on any atom is -0.384 e. The third-order valence-electron chi connectivity index (χ3n) is 3.94. The molecule has 4 heteroatoms. The van der Waals surface area contributed by atoms with Crippen LogP contribution >= 0.6 is 0 Å². The molecule has 0 aliphatic heterocycles. The summed E-state index contributed by atoms with van der Waals surface area (Å²) in [4.78, 5) is 16.5. The number of anilines is 1. The number of nitrogen functional groups attached to an aromatic ring is 1. The summed E-state index contributed by atoms with van der Waals surface area (Å²) in [6.07, 6.45) is 5.05. The van der Waals surface area contributed by atoms with Gasteiger partial charge in [-0.1, -0.05) is 40.0 Å². The van der Waals surface area contributed by atoms with E-state index in [-0.39, 0.29) is 11.3 Å². The van der Waals surface area contributed by atoms with Crippen molar-refractivity contribution >= 4 is 11.7 Å². The number of aromatic nitrogens is 1. The third kappa shape index (κ3) is 3.71. The number of carbonyl (C=O) groups is 1. The summed E-state index contributed by atoms with van der Waals surface area (Å²) in [5.41, 5.74) is 7.15. The first-order chi connectivity index (χ1) is 9.36. The molecule has 0 bridgehead atoms. The molecular formula is C16H25N3O. The van der Waals surface area contributed by atoms with Gasteiger partial charge >= 0.3 is 0 Å². The predicted molar refractivity (Wildman–Crippen MR) is 81.6 cm³/mol. The number of pyridine rings is 1. The molecule has 4 nitrogen and oxygen atoms in total. The molecule has 20 heavy (non-hydrogen) atoms. The average molecular weight is 275 g/mol. The Kier molecular flexibility index (Phi) is 4.31. The summed E-state index contributed by atoms with van der Waals surface area (Å²) in [7, 11) is 0. The van der Waals surface area contributed by atoms with Gasteiger partial charge in [0.25, 0.3) is 5.91 Å². The van der Waals surface area contributed by atoms with E-state index in [0.29, 0.717) is 11.4 Å². The molecule has 1 aromatic heterocycles. The number of hydrogen-bond acceptors (Lipinski definition) is 3. The topological polar surface area (TPSA) is 68.0 Å². The van der Waals surface area contributed by atoms with Crippen molar-refractivity contribution in [1.82, 2.24) is 10.3 Å². The van der Waals surface area contributed by atoms with Gasteiger partial charge in [-0.05, 0) is 24.5 Å². The van der Waals surface area contributed by atoms with E-state index in [0.717, 1.165) is 24.6 Å². The minimum absolute atomic E-state index is 0.0519. The van der Waals surface area contributed by atoms with Crippen LogP contribution < -0.4 is 11.1 Å². The number of nitrogens with zero attached hydrogens (tertiary/aromatic N) is 1. The summed E-state index contributed by atoms with van der Waals surface area (Å²) in [6.45, 7) is 6.93. The van der Waals surface area contributed by atoms with E-state index in [1.54, 1.807) is 6.07 Å². The minimum atomic E-state index is -0.115. The maximum atomic E-state index is 12.2. The molecule has 1 fully saturated rings. The van der Waals surface area contributed by atoms with Gasteiger partial charge in [0.1, 0.15) is 5.82 Å². The molecule has 0 unspecified atom stereocenters. The Morgan fingerprint density at radius 2 is 2.10 bits per heavy atom. The molecule has 2 rings (SSSR count). The fourth-order valence-corrected chi connectivity index (χ4v) is 2.34. The first-order valence-corrected chi connectivity index (χ1v) is 7.42. The first kappa shape index (κ1) is 14.8. The lowest BCUT2D eigenvalue weighted by atomic mass is 9.83. The third-order valence-corrected chi connectivity index (χ3v) is 3.94. The molecule has 110 valence electrons. The van der Waals surface area contributed by atoms with Crippen molar-refractivity contribution in [1.29, 1.82) is 0 Å². The Morgan fingerprint density at radius 1 is 1.40 bits per heavy atom. The highest BCUT2D eigenvalue weighted by Crippen LogP contribution is 2.28. The van der Waals surface area contributed by atoms with Gasteiger partial charge in [0, 0.05) is 23.2 Å². The molecule has 1 aliphatic rings. The van der Waals surface area contributed by atoms with Gasteiger partial charge in [-0.2, -0.15) is 0 Å². The fraction of sp³-hybridized carbons (Fsp3) is 0.625. The van der Waals surface area contributed by atoms with Gasteiger partial charge in [0.2, 0.25) is 0 Å². The summed E-state index contributed by atoms with van der Waals surface area (Å²) < 4.78 is 0. The normalized spacial score (nSPS) is 15.8. The monoisotopic (exact) mass is 275 g/mol. The van der Waals surface area contributed by atoms with Crippen LogP contribution in [0.25, 0.3) is 0 Å². The standard InChI is InChI=1S/C16H25N3O/c1-16(2,3)13-9-12(10-14(17)19-13)15(20)18-8-7-11-5-4-6-11/h9-11H,4-8H2,1-3H3,(H2,17,19)(H,18,20). The molecule has 1 aromatic rings. The summed E-state index contributed by atoms with van der Waals surface area (Å²) in [6, 6.07) is 3.49. The predicted octanol–water partition coefficient (Wildman–Crippen LogP) is 2.88. The van der Waals surface area contributed by atoms with Crippen molar-refractivity contribution < 1.29 is 4.79 Å². The van der Waals surface area contributed by atoms with Crippen molar-refractivity contribution in [3.05, 3.63) is 23.4 Å². The van der Waals surface area contributed by atoms with E-state index in [2.05, 4.69) is 31.1 Å². The highest BCUT2D eigenvalue weighted by molar-refractivity contribution is 5.94. The number of carbonyl (C=O) groups excluding carboxylic acids is 1. The molecule has 0 radical (unpaired) electrons. The van der Waals surface area contributed by atoms with E-state index in [4.69, 9.17) is 5.73 Å². The highest BCUT2D eigenvalue weighted by Gasteiger charge is 2.20. The molecule has 0 spiro atoms. The van der Waals surface area contributed by atoms with Crippen LogP contribution in [0.5, 0.6) is 0 Å². The Bertz CT molecular complexity index is 487. The number of nitrogens with one attached hydrogen (secondary N) is 1. The van der Waals surface area contributed by atoms with Crippen molar-refractivity contribution in [3.8, 4) is 0 Å². The highest BCUT2D eigenvalue weighted by atomic mass is 16.1. The SMILES string of the molecule is CC(C)(C)c1cc(C(=O)NCCC2CCC2)cc(N)n1. The largest absolute Gasteiger partial charge is 0.384 e. The first-order valence-electron chi connectivity index (χ1n) is 7.42. The average Bonchev–Trinajstić information content (AvgIpc) is 2.30. The maximum absolute atomic E-state index is 12.2. The smallest absolute Gasteiger partial charge is 0.251 e. The number of amides is 1. The lowest BCUT2D eigenvalue weighted by Gasteiger charge is -2.25. The van der Waals surface area contributed by atoms with Gasteiger partial charge in [0.05, 0.1) is 0 Å². The van der Waals surface area contributed by atoms with E-state index in [9.17, 15) is 4.79 Å². The molecule has 1 aliphatic carbocycles. The Hall–Kier alpha value is -1.58. The van der Waals surface area contributed by atoms with Crippen LogP contribution in [0, 0.1) is 5.92 Å². The number of hydrogen-bond donors (Lipinski definition) is 2. The lowest BCUT2D eigenvalue weighted by molar-refractivity contribution is 0.0948. The zero-order valence-corrected chi connectivity index (χ0v) is 12.7. The zero-order valence-electron chi connectivity index (χ0n) is 12.7. The molecule has 0 atom stereocenters. The van der Waals surface area contributed by atoms with E-state index >= 15 is 0 Å². The van der Waals surface area contributed by atoms with Crippen LogP contribution in [0.2, 0.25) is 0 Å². The van der Waals surface area contributed by atoms with E-state index in [1.165, 1.54) is 19.3 Å². The van der Waals surface area contributed by atoms with Crippen molar-refractivity contribution in [2.45, 2.75) is 51.9 Å². The molecule has 0 aromatic carbocycles. The Balaban J connectivity index is 1.99. The lowest BCUT2D eigenvalue weighted by Crippen LogP contribution is -2.28. The number of rotatable bonds is 4. The van der Waals surface area contributed by atoms with Crippen molar-refractivity contribution in [2.24, 2.45) is 5.92 Å². The molecular weight excluding hydrogens is 250 g/mol. The molecule has 3 N–H and O–H groups in total. The maximum Gasteiger partial charge on any atom is 0.251 e. The van der Waals surface area contributed by atoms with Crippen molar-refractivity contribution in [3.63, 3.8) is 0 Å². The van der Waals surface area contributed by atoms with Crippen LogP contribution in [-0.4, -0.2) is 17.4 Å². The van der Waals surface area contributed by atoms with Gasteiger partial charge in [-0.3, -0.25) is 4.79 Å². The molecule has 1 amide bonds. The van der Waals surface area contributed by atoms with Gasteiger partial charge in [-0.15, -0.1) is 0 Å². The van der Waals surface area contributed by atoms with Gasteiger partial charge < -0.3 is 11.1 Å². The molecule has 0 saturated heterocycles. The molecule has 1 saturated carbocycles. The van der Waals surface area contributed by atoms with E-state index in [1.807, 2.05) is 6.07 Å². The summed E-state index contributed by atoms with van der Waals surface area (Å²) in [5, 5.41) is 2.98. The van der Waals surface area contributed by atoms with Crippen LogP contribution in [-0.2, 0) is 5.41 Å². The second-order valence-corrected chi connectivity index (χ2v) is 6.76. The number of nitrogens with two attached hydrogens (primary N) is 1. The second-order valence-electron chi connectivity index (χ2n) is 6.76. The van der Waals surface area contributed by atoms with E-state index < -0.39 is 0 Å². The Labute approximate surface area is 121 Å². The van der Waals surface area contributed by atoms with Crippen LogP contribution in [0.1, 0.15) is 62.5 Å². The summed E-state index contributed by atoms with van der Waals surface area (Å²) >= 11 is 0. The van der Waals surface area contributed by atoms with Gasteiger partial charge in [0.15, 0.2) is 0 Å². The molecule has 1 heterocycles.